The molecule has 3 aliphatic rings. The smallest absolute Gasteiger partial charge is 0.185 e. The summed E-state index contributed by atoms with van der Waals surface area (Å²) in [6, 6.07) is 8.99. The molecule has 0 saturated heterocycles. The van der Waals surface area contributed by atoms with Crippen LogP contribution in [0.1, 0.15) is 49.8 Å². The SMILES string of the molecule is C[C@@]12CCCC1=[N+]1CCc3ccccc3[C@@H]1CC2=O.[I-]. The molecule has 1 saturated carbocycles. The van der Waals surface area contributed by atoms with E-state index in [1.807, 2.05) is 0 Å². The van der Waals surface area contributed by atoms with Gasteiger partial charge in [0.05, 0.1) is 6.42 Å². The van der Waals surface area contributed by atoms with Crippen molar-refractivity contribution in [3.05, 3.63) is 35.4 Å². The maximum Gasteiger partial charge on any atom is 0.185 e. The predicted molar refractivity (Wildman–Crippen MR) is 74.6 cm³/mol. The number of halogens is 1. The molecule has 0 bridgehead atoms. The van der Waals surface area contributed by atoms with Crippen LogP contribution in [-0.4, -0.2) is 22.6 Å². The lowest BCUT2D eigenvalue weighted by molar-refractivity contribution is -0.581. The van der Waals surface area contributed by atoms with E-state index < -0.39 is 0 Å². The maximum absolute atomic E-state index is 12.6. The maximum atomic E-state index is 12.6. The summed E-state index contributed by atoms with van der Waals surface area (Å²) in [5.74, 6) is 0.470. The molecule has 2 atom stereocenters. The second-order valence-electron chi connectivity index (χ2n) is 6.42. The minimum atomic E-state index is -0.136. The standard InChI is InChI=1S/C17H20NO.HI/c1-17-9-4-7-15(17)18-10-8-12-5-2-3-6-13(12)14(18)11-16(17)19;/h2-3,5-6,14H,4,7-11H2,1H3;1H/q+1;/p-1/t14-,17+;/m0./s1. The van der Waals surface area contributed by atoms with E-state index in [-0.39, 0.29) is 29.4 Å². The molecular formula is C17H20INO. The van der Waals surface area contributed by atoms with Crippen LogP contribution in [0, 0.1) is 5.41 Å². The van der Waals surface area contributed by atoms with Gasteiger partial charge in [-0.15, -0.1) is 0 Å². The van der Waals surface area contributed by atoms with E-state index in [0.29, 0.717) is 18.2 Å². The van der Waals surface area contributed by atoms with Crippen LogP contribution in [0.4, 0.5) is 0 Å². The van der Waals surface area contributed by atoms with Crippen LogP contribution >= 0.6 is 0 Å². The minimum Gasteiger partial charge on any atom is -1.00 e. The van der Waals surface area contributed by atoms with Crippen LogP contribution in [0.25, 0.3) is 0 Å². The Kier molecular flexibility index (Phi) is 3.51. The van der Waals surface area contributed by atoms with Gasteiger partial charge in [0.25, 0.3) is 0 Å². The molecule has 1 aliphatic carbocycles. The number of hydrogen-bond acceptors (Lipinski definition) is 1. The molecule has 0 radical (unpaired) electrons. The summed E-state index contributed by atoms with van der Waals surface area (Å²) in [5, 5.41) is 0. The first-order valence-corrected chi connectivity index (χ1v) is 7.44. The molecule has 3 heteroatoms. The first kappa shape index (κ1) is 14.2. The molecule has 0 amide bonds. The molecule has 2 nitrogen and oxygen atoms in total. The Hall–Kier alpha value is -0.710. The fraction of sp³-hybridized carbons (Fsp3) is 0.529. The summed E-state index contributed by atoms with van der Waals surface area (Å²) in [6.07, 6.45) is 5.20. The van der Waals surface area contributed by atoms with E-state index in [1.165, 1.54) is 23.3 Å². The normalized spacial score (nSPS) is 31.2. The van der Waals surface area contributed by atoms with Gasteiger partial charge >= 0.3 is 0 Å². The molecule has 1 aromatic rings. The fourth-order valence-corrected chi connectivity index (χ4v) is 4.39. The molecule has 1 fully saturated rings. The van der Waals surface area contributed by atoms with Crippen molar-refractivity contribution in [1.82, 2.24) is 0 Å². The summed E-state index contributed by atoms with van der Waals surface area (Å²) in [7, 11) is 0. The van der Waals surface area contributed by atoms with E-state index in [1.54, 1.807) is 0 Å². The van der Waals surface area contributed by atoms with Gasteiger partial charge in [-0.25, -0.2) is 4.58 Å². The first-order valence-electron chi connectivity index (χ1n) is 7.44. The lowest BCUT2D eigenvalue weighted by atomic mass is 9.74. The Morgan fingerprint density at radius 3 is 2.90 bits per heavy atom. The third-order valence-electron chi connectivity index (χ3n) is 5.48. The number of Topliss-reactive ketones (excluding diaryl/α,β-unsaturated/α-hetero) is 1. The van der Waals surface area contributed by atoms with Crippen molar-refractivity contribution in [2.45, 2.75) is 45.1 Å². The molecule has 20 heavy (non-hydrogen) atoms. The Morgan fingerprint density at radius 1 is 1.25 bits per heavy atom. The van der Waals surface area contributed by atoms with E-state index in [0.717, 1.165) is 25.8 Å². The van der Waals surface area contributed by atoms with E-state index in [2.05, 4.69) is 35.8 Å². The number of benzene rings is 1. The lowest BCUT2D eigenvalue weighted by Crippen LogP contribution is -3.00. The highest BCUT2D eigenvalue weighted by atomic mass is 127. The number of fused-ring (bicyclic) bond motifs is 4. The zero-order valence-electron chi connectivity index (χ0n) is 11.9. The van der Waals surface area contributed by atoms with Gasteiger partial charge < -0.3 is 24.0 Å². The summed E-state index contributed by atoms with van der Waals surface area (Å²) in [5.41, 5.74) is 4.13. The van der Waals surface area contributed by atoms with Crippen LogP contribution in [0.15, 0.2) is 24.3 Å². The largest absolute Gasteiger partial charge is 1.00 e. The van der Waals surface area contributed by atoms with Crippen molar-refractivity contribution in [2.24, 2.45) is 5.41 Å². The van der Waals surface area contributed by atoms with Crippen molar-refractivity contribution in [1.29, 1.82) is 0 Å². The first-order chi connectivity index (χ1) is 9.20. The average molecular weight is 381 g/mol. The van der Waals surface area contributed by atoms with Gasteiger partial charge in [-0.2, -0.15) is 0 Å². The second kappa shape index (κ2) is 4.93. The van der Waals surface area contributed by atoms with Crippen LogP contribution in [0.5, 0.6) is 0 Å². The third kappa shape index (κ3) is 1.81. The molecular weight excluding hydrogens is 361 g/mol. The molecule has 1 aromatic carbocycles. The Bertz CT molecular complexity index is 607. The molecule has 2 heterocycles. The summed E-state index contributed by atoms with van der Waals surface area (Å²) in [4.78, 5) is 12.6. The van der Waals surface area contributed by atoms with Gasteiger partial charge in [0.1, 0.15) is 12.0 Å². The summed E-state index contributed by atoms with van der Waals surface area (Å²) < 4.78 is 2.57. The molecule has 4 rings (SSSR count). The molecule has 0 unspecified atom stereocenters. The van der Waals surface area contributed by atoms with Gasteiger partial charge in [-0.1, -0.05) is 24.3 Å². The van der Waals surface area contributed by atoms with Gasteiger partial charge in [-0.05, 0) is 25.3 Å². The van der Waals surface area contributed by atoms with E-state index in [4.69, 9.17) is 0 Å². The molecule has 106 valence electrons. The van der Waals surface area contributed by atoms with Crippen LogP contribution < -0.4 is 24.0 Å². The van der Waals surface area contributed by atoms with Crippen LogP contribution in [0.3, 0.4) is 0 Å². The van der Waals surface area contributed by atoms with Crippen molar-refractivity contribution < 1.29 is 33.3 Å². The molecule has 0 N–H and O–H groups in total. The zero-order chi connectivity index (χ0) is 13.0. The van der Waals surface area contributed by atoms with Crippen LogP contribution in [0.2, 0.25) is 0 Å². The Morgan fingerprint density at radius 2 is 2.05 bits per heavy atom. The van der Waals surface area contributed by atoms with Gasteiger partial charge in [0.2, 0.25) is 0 Å². The lowest BCUT2D eigenvalue weighted by Gasteiger charge is -2.34. The minimum absolute atomic E-state index is 0. The van der Waals surface area contributed by atoms with Crippen molar-refractivity contribution >= 4 is 11.5 Å². The van der Waals surface area contributed by atoms with E-state index >= 15 is 0 Å². The van der Waals surface area contributed by atoms with Crippen molar-refractivity contribution in [2.75, 3.05) is 6.54 Å². The number of ketones is 1. The third-order valence-corrected chi connectivity index (χ3v) is 5.48. The molecule has 0 spiro atoms. The van der Waals surface area contributed by atoms with Gasteiger partial charge in [0.15, 0.2) is 17.5 Å². The topological polar surface area (TPSA) is 20.1 Å². The highest BCUT2D eigenvalue weighted by Crippen LogP contribution is 2.45. The van der Waals surface area contributed by atoms with E-state index in [9.17, 15) is 4.79 Å². The quantitative estimate of drug-likeness (QED) is 0.454. The number of hydrogen-bond donors (Lipinski definition) is 0. The van der Waals surface area contributed by atoms with Crippen molar-refractivity contribution in [3.63, 3.8) is 0 Å². The van der Waals surface area contributed by atoms with Crippen LogP contribution in [-0.2, 0) is 11.2 Å². The second-order valence-corrected chi connectivity index (χ2v) is 6.42. The number of nitrogens with zero attached hydrogens (tertiary/aromatic N) is 1. The summed E-state index contributed by atoms with van der Waals surface area (Å²) >= 11 is 0. The van der Waals surface area contributed by atoms with Gasteiger partial charge in [-0.3, -0.25) is 4.79 Å². The Labute approximate surface area is 137 Å². The Balaban J connectivity index is 0.00000121. The van der Waals surface area contributed by atoms with Crippen molar-refractivity contribution in [3.8, 4) is 0 Å². The van der Waals surface area contributed by atoms with Gasteiger partial charge in [0, 0.05) is 18.4 Å². The monoisotopic (exact) mass is 381 g/mol. The number of rotatable bonds is 0. The predicted octanol–water partition coefficient (Wildman–Crippen LogP) is -0.0957. The zero-order valence-corrected chi connectivity index (χ0v) is 14.0. The number of carbonyl (C=O) groups excluding carboxylic acids is 1. The number of carbonyl (C=O) groups is 1. The average Bonchev–Trinajstić information content (AvgIpc) is 2.83. The summed E-state index contributed by atoms with van der Waals surface area (Å²) in [6.45, 7) is 3.27. The molecule has 0 aromatic heterocycles. The highest BCUT2D eigenvalue weighted by molar-refractivity contribution is 6.09. The fourth-order valence-electron chi connectivity index (χ4n) is 4.39. The highest BCUT2D eigenvalue weighted by Gasteiger charge is 2.54. The molecule has 2 aliphatic heterocycles.